The van der Waals surface area contributed by atoms with Gasteiger partial charge in [-0.1, -0.05) is 300 Å². The van der Waals surface area contributed by atoms with E-state index in [0.717, 1.165) is 109 Å². The van der Waals surface area contributed by atoms with Gasteiger partial charge in [-0.05, 0) is 128 Å². The van der Waals surface area contributed by atoms with Crippen molar-refractivity contribution in [3.8, 4) is 0 Å². The number of allylic oxidation sites excluding steroid dienone is 26. The van der Waals surface area contributed by atoms with Crippen molar-refractivity contribution >= 4 is 17.9 Å². The number of unbranched alkanes of at least 4 members (excludes halogenated alkanes) is 25. The summed E-state index contributed by atoms with van der Waals surface area (Å²) in [6, 6.07) is 0. The van der Waals surface area contributed by atoms with E-state index < -0.39 is 24.3 Å². The van der Waals surface area contributed by atoms with Gasteiger partial charge in [-0.15, -0.1) is 0 Å². The highest BCUT2D eigenvalue weighted by atomic mass is 16.7. The van der Waals surface area contributed by atoms with Gasteiger partial charge >= 0.3 is 17.9 Å². The summed E-state index contributed by atoms with van der Waals surface area (Å²) in [4.78, 5) is 37.6. The van der Waals surface area contributed by atoms with Crippen LogP contribution in [0.2, 0.25) is 0 Å². The third-order valence-corrected chi connectivity index (χ3v) is 15.3. The molecule has 0 radical (unpaired) electrons. The lowest BCUT2D eigenvalue weighted by atomic mass is 10.0. The van der Waals surface area contributed by atoms with E-state index in [-0.39, 0.29) is 38.6 Å². The van der Waals surface area contributed by atoms with Crippen LogP contribution in [0.1, 0.15) is 284 Å². The van der Waals surface area contributed by atoms with Crippen LogP contribution < -0.4 is 0 Å². The second kappa shape index (κ2) is 70.8. The summed E-state index contributed by atoms with van der Waals surface area (Å²) in [6.45, 7) is 4.72. The van der Waals surface area contributed by atoms with E-state index in [9.17, 15) is 19.5 Å². The van der Waals surface area contributed by atoms with Crippen molar-refractivity contribution in [2.45, 2.75) is 296 Å². The third-order valence-electron chi connectivity index (χ3n) is 15.3. The largest absolute Gasteiger partial charge is 0.477 e. The lowest BCUT2D eigenvalue weighted by Crippen LogP contribution is -2.40. The lowest BCUT2D eigenvalue weighted by molar-refractivity contribution is -0.870. The Kier molecular flexibility index (Phi) is 66.8. The molecule has 0 aromatic carbocycles. The van der Waals surface area contributed by atoms with E-state index >= 15 is 0 Å². The molecule has 0 rings (SSSR count). The number of carbonyl (C=O) groups excluding carboxylic acids is 2. The molecule has 0 heterocycles. The number of ether oxygens (including phenoxy) is 4. The van der Waals surface area contributed by atoms with Crippen LogP contribution in [-0.2, 0) is 33.3 Å². The Morgan fingerprint density at radius 1 is 0.341 bits per heavy atom. The number of carboxylic acid groups (broad SMARTS) is 1. The molecule has 0 fully saturated rings. The Balaban J connectivity index is 4.24. The minimum Gasteiger partial charge on any atom is -0.477 e. The number of carbonyl (C=O) groups is 3. The van der Waals surface area contributed by atoms with Crippen LogP contribution in [0.25, 0.3) is 0 Å². The zero-order chi connectivity index (χ0) is 66.1. The van der Waals surface area contributed by atoms with Crippen molar-refractivity contribution in [3.63, 3.8) is 0 Å². The number of aliphatic carboxylic acids is 1. The number of carboxylic acids is 1. The highest BCUT2D eigenvalue weighted by molar-refractivity contribution is 5.71. The number of hydrogen-bond donors (Lipinski definition) is 1. The number of nitrogens with zero attached hydrogens (tertiary/aromatic N) is 1. The van der Waals surface area contributed by atoms with Crippen LogP contribution in [0.3, 0.4) is 0 Å². The first-order valence-electron chi connectivity index (χ1n) is 36.6. The van der Waals surface area contributed by atoms with Gasteiger partial charge in [0, 0.05) is 12.8 Å². The normalized spacial score (nSPS) is 13.6. The lowest BCUT2D eigenvalue weighted by Gasteiger charge is -2.25. The number of likely N-dealkylation sites (N-methyl/N-ethyl adjacent to an activating group) is 1. The summed E-state index contributed by atoms with van der Waals surface area (Å²) in [5.41, 5.74) is 0. The predicted octanol–water partition coefficient (Wildman–Crippen LogP) is 23.2. The van der Waals surface area contributed by atoms with E-state index in [1.165, 1.54) is 141 Å². The maximum absolute atomic E-state index is 12.9. The molecule has 0 aromatic rings. The average Bonchev–Trinajstić information content (AvgIpc) is 3.46. The maximum atomic E-state index is 12.9. The molecule has 2 atom stereocenters. The van der Waals surface area contributed by atoms with E-state index in [4.69, 9.17) is 18.9 Å². The molecule has 91 heavy (non-hydrogen) atoms. The zero-order valence-electron chi connectivity index (χ0n) is 58.9. The Morgan fingerprint density at radius 2 is 0.626 bits per heavy atom. The van der Waals surface area contributed by atoms with E-state index in [1.807, 2.05) is 21.1 Å². The van der Waals surface area contributed by atoms with Crippen molar-refractivity contribution in [3.05, 3.63) is 158 Å². The molecule has 0 spiro atoms. The molecule has 0 aromatic heterocycles. The summed E-state index contributed by atoms with van der Waals surface area (Å²) in [5, 5.41) is 9.75. The monoisotopic (exact) mass is 1260 g/mol. The van der Waals surface area contributed by atoms with Gasteiger partial charge in [-0.25, -0.2) is 4.79 Å². The van der Waals surface area contributed by atoms with Gasteiger partial charge in [0.2, 0.25) is 0 Å². The van der Waals surface area contributed by atoms with Crippen molar-refractivity contribution < 1.29 is 42.9 Å². The van der Waals surface area contributed by atoms with Gasteiger partial charge in [-0.2, -0.15) is 0 Å². The van der Waals surface area contributed by atoms with Crippen molar-refractivity contribution in [1.29, 1.82) is 0 Å². The fourth-order valence-electron chi connectivity index (χ4n) is 9.70. The Bertz CT molecular complexity index is 2060. The molecule has 9 heteroatoms. The van der Waals surface area contributed by atoms with Crippen LogP contribution >= 0.6 is 0 Å². The second-order valence-electron chi connectivity index (χ2n) is 25.2. The molecular weight excluding hydrogens is 1130 g/mol. The average molecular weight is 1260 g/mol. The highest BCUT2D eigenvalue weighted by Gasteiger charge is 2.25. The van der Waals surface area contributed by atoms with E-state index in [2.05, 4.69) is 172 Å². The molecule has 0 saturated heterocycles. The molecule has 0 aliphatic carbocycles. The fraction of sp³-hybridized carbons (Fsp3) is 0.646. The number of rotatable bonds is 66. The minimum absolute atomic E-state index is 0.172. The molecule has 9 nitrogen and oxygen atoms in total. The fourth-order valence-corrected chi connectivity index (χ4v) is 9.70. The standard InChI is InChI=1S/C82H135NO8/c1-6-8-10-12-14-16-18-20-22-24-26-28-30-32-34-35-36-37-38-39-40-41-42-43-44-45-47-49-51-53-55-57-59-61-63-65-67-69-71-73-80(85)91-78(77-90-82(81(86)87)88-75-74-83(3,4)5)76-89-79(84)72-70-68-66-64-62-60-58-56-54-52-50-48-46-33-31-29-27-25-23-21-19-17-15-13-11-9-7-2/h8,10,14,16,20,22,25-28,32,34,36-37,39-40,42-43,45,47,51,53,57,59,63,65,78,82H,6-7,9,11-13,15,17-19,21,23-24,29-31,33,35,38,41,44,46,48-50,52,54-56,58,60-62,64,66-77H2,1-5H3/p+1/b10-8-,16-14-,22-20-,27-25-,28-26-,34-32-,37-36-,40-39-,43-42-,47-45-,53-51-,59-57-,65-63-. The van der Waals surface area contributed by atoms with Crippen molar-refractivity contribution in [2.75, 3.05) is 47.5 Å². The quantitative estimate of drug-likeness (QED) is 0.0211. The van der Waals surface area contributed by atoms with Gasteiger partial charge in [-0.3, -0.25) is 9.59 Å². The van der Waals surface area contributed by atoms with Gasteiger partial charge in [0.15, 0.2) is 6.10 Å². The maximum Gasteiger partial charge on any atom is 0.361 e. The van der Waals surface area contributed by atoms with E-state index in [0.29, 0.717) is 17.4 Å². The van der Waals surface area contributed by atoms with Crippen LogP contribution in [-0.4, -0.2) is 87.4 Å². The van der Waals surface area contributed by atoms with Crippen LogP contribution in [0, 0.1) is 0 Å². The van der Waals surface area contributed by atoms with Gasteiger partial charge < -0.3 is 28.5 Å². The third kappa shape index (κ3) is 72.2. The SMILES string of the molecule is CC/C=C\C/C=C\C/C=C\C/C=C\C/C=C\C/C=C\C/C=C\C/C=C\C/C=C\C/C=C\C/C=C\C/C=C\CCCCC(=O)OC(COC(=O)CCCCCCCCCCCCCCCCC/C=C\CCCCCCCCCC)COC(OCC[N+](C)(C)C)C(=O)O. The van der Waals surface area contributed by atoms with Gasteiger partial charge in [0.05, 0.1) is 34.4 Å². The Hall–Kier alpha value is -5.09. The molecule has 0 bridgehead atoms. The summed E-state index contributed by atoms with van der Waals surface area (Å²) in [6.07, 6.45) is 102. The summed E-state index contributed by atoms with van der Waals surface area (Å²) in [5.74, 6) is -2.07. The summed E-state index contributed by atoms with van der Waals surface area (Å²) < 4.78 is 22.9. The van der Waals surface area contributed by atoms with Crippen LogP contribution in [0.4, 0.5) is 0 Å². The molecule has 0 aliphatic heterocycles. The molecular formula is C82H136NO8+. The molecule has 0 saturated carbocycles. The number of hydrogen-bond acceptors (Lipinski definition) is 7. The van der Waals surface area contributed by atoms with E-state index in [1.54, 1.807) is 0 Å². The molecule has 0 amide bonds. The zero-order valence-corrected chi connectivity index (χ0v) is 58.9. The minimum atomic E-state index is -1.53. The summed E-state index contributed by atoms with van der Waals surface area (Å²) >= 11 is 0. The van der Waals surface area contributed by atoms with Crippen LogP contribution in [0.5, 0.6) is 0 Å². The first-order chi connectivity index (χ1) is 44.6. The highest BCUT2D eigenvalue weighted by Crippen LogP contribution is 2.16. The first kappa shape index (κ1) is 85.9. The number of quaternary nitrogens is 1. The second-order valence-corrected chi connectivity index (χ2v) is 25.2. The van der Waals surface area contributed by atoms with Crippen molar-refractivity contribution in [1.82, 2.24) is 0 Å². The smallest absolute Gasteiger partial charge is 0.361 e. The van der Waals surface area contributed by atoms with Gasteiger partial charge in [0.1, 0.15) is 13.2 Å². The first-order valence-corrected chi connectivity index (χ1v) is 36.6. The molecule has 1 N–H and O–H groups in total. The summed E-state index contributed by atoms with van der Waals surface area (Å²) in [7, 11) is 5.95. The number of esters is 2. The molecule has 0 aliphatic rings. The predicted molar refractivity (Wildman–Crippen MR) is 391 cm³/mol. The van der Waals surface area contributed by atoms with Crippen LogP contribution in [0.15, 0.2) is 158 Å². The topological polar surface area (TPSA) is 108 Å². The molecule has 516 valence electrons. The Labute approximate surface area is 559 Å². The molecule has 2 unspecified atom stereocenters. The van der Waals surface area contributed by atoms with Gasteiger partial charge in [0.25, 0.3) is 6.29 Å². The Morgan fingerprint density at radius 3 is 0.967 bits per heavy atom. The van der Waals surface area contributed by atoms with Crippen molar-refractivity contribution in [2.24, 2.45) is 0 Å².